The van der Waals surface area contributed by atoms with E-state index in [1.165, 1.54) is 12.5 Å². The molecule has 1 fully saturated rings. The number of carbonyl (C=O) groups is 1. The molecular weight excluding hydrogens is 501 g/mol. The summed E-state index contributed by atoms with van der Waals surface area (Å²) in [5, 5.41) is 12.9. The number of rotatable bonds is 11. The number of benzene rings is 1. The van der Waals surface area contributed by atoms with Gasteiger partial charge in [-0.25, -0.2) is 0 Å². The number of hydrogen-bond donors (Lipinski definition) is 2. The van der Waals surface area contributed by atoms with Gasteiger partial charge in [0.1, 0.15) is 0 Å². The van der Waals surface area contributed by atoms with Gasteiger partial charge in [-0.05, 0) is 54.0 Å². The van der Waals surface area contributed by atoms with Crippen molar-refractivity contribution in [3.63, 3.8) is 0 Å². The predicted octanol–water partition coefficient (Wildman–Crippen LogP) is 6.76. The van der Waals surface area contributed by atoms with E-state index in [-0.39, 0.29) is 10.8 Å². The molecule has 1 aliphatic rings. The zero-order chi connectivity index (χ0) is 25.6. The molecule has 1 aromatic carbocycles. The van der Waals surface area contributed by atoms with Gasteiger partial charge in [0.05, 0.1) is 12.3 Å². The summed E-state index contributed by atoms with van der Waals surface area (Å²) >= 11 is 6.90. The summed E-state index contributed by atoms with van der Waals surface area (Å²) in [6, 6.07) is 5.09. The molecule has 194 valence electrons. The molecule has 1 heterocycles. The van der Waals surface area contributed by atoms with E-state index in [0.29, 0.717) is 30.1 Å². The zero-order valence-electron chi connectivity index (χ0n) is 19.9. The standard InChI is InChI=1S/C24H32ClF3N4O2S/c1-15(2)14-32(18-6-4-3-5-7-18)20-9-8-16(19(13-21(33)34)24(26,27)28)12-17(20)10-11-29-23-30-22(25)31-35-23/h8-9,12,15,18-19H,3-7,10-11,13-14H2,1-2H3,(H,33,34)(H,29,30,31). The second-order valence-corrected chi connectivity index (χ2v) is 10.6. The molecule has 3 rings (SSSR count). The van der Waals surface area contributed by atoms with E-state index >= 15 is 0 Å². The second-order valence-electron chi connectivity index (χ2n) is 9.46. The third kappa shape index (κ3) is 7.96. The van der Waals surface area contributed by atoms with E-state index in [4.69, 9.17) is 16.7 Å². The minimum absolute atomic E-state index is 0.0225. The molecule has 6 nitrogen and oxygen atoms in total. The summed E-state index contributed by atoms with van der Waals surface area (Å²) < 4.78 is 45.3. The van der Waals surface area contributed by atoms with Crippen molar-refractivity contribution in [3.05, 3.63) is 34.6 Å². The number of anilines is 2. The first kappa shape index (κ1) is 27.5. The minimum atomic E-state index is -4.65. The van der Waals surface area contributed by atoms with Crippen LogP contribution in [0, 0.1) is 5.92 Å². The van der Waals surface area contributed by atoms with Crippen LogP contribution in [0.25, 0.3) is 0 Å². The number of aliphatic carboxylic acids is 1. The van der Waals surface area contributed by atoms with Crippen LogP contribution in [0.1, 0.15) is 69.4 Å². The lowest BCUT2D eigenvalue weighted by atomic mass is 9.89. The molecule has 1 aliphatic carbocycles. The summed E-state index contributed by atoms with van der Waals surface area (Å²) in [5.74, 6) is -3.16. The lowest BCUT2D eigenvalue weighted by Gasteiger charge is -2.39. The number of nitrogens with zero attached hydrogens (tertiary/aromatic N) is 3. The molecule has 0 amide bonds. The minimum Gasteiger partial charge on any atom is -0.481 e. The van der Waals surface area contributed by atoms with Crippen molar-refractivity contribution in [2.45, 2.75) is 76.9 Å². The largest absolute Gasteiger partial charge is 0.481 e. The lowest BCUT2D eigenvalue weighted by molar-refractivity contribution is -0.163. The Labute approximate surface area is 213 Å². The topological polar surface area (TPSA) is 78.4 Å². The highest BCUT2D eigenvalue weighted by Crippen LogP contribution is 2.40. The van der Waals surface area contributed by atoms with E-state index < -0.39 is 24.5 Å². The monoisotopic (exact) mass is 532 g/mol. The number of alkyl halides is 3. The molecular formula is C24H32ClF3N4O2S. The van der Waals surface area contributed by atoms with Crippen LogP contribution in [-0.4, -0.2) is 45.7 Å². The second kappa shape index (κ2) is 12.3. The van der Waals surface area contributed by atoms with Gasteiger partial charge < -0.3 is 15.3 Å². The molecule has 11 heteroatoms. The first-order valence-electron chi connectivity index (χ1n) is 12.0. The van der Waals surface area contributed by atoms with E-state index in [1.54, 1.807) is 12.1 Å². The highest BCUT2D eigenvalue weighted by atomic mass is 35.5. The molecule has 35 heavy (non-hydrogen) atoms. The van der Waals surface area contributed by atoms with E-state index in [0.717, 1.165) is 55.0 Å². The number of nitrogens with one attached hydrogen (secondary N) is 1. The van der Waals surface area contributed by atoms with E-state index in [9.17, 15) is 18.0 Å². The van der Waals surface area contributed by atoms with E-state index in [2.05, 4.69) is 33.4 Å². The van der Waals surface area contributed by atoms with E-state index in [1.807, 2.05) is 0 Å². The van der Waals surface area contributed by atoms with Gasteiger partial charge in [-0.3, -0.25) is 4.79 Å². The van der Waals surface area contributed by atoms with Crippen LogP contribution in [0.3, 0.4) is 0 Å². The Hall–Kier alpha value is -2.07. The van der Waals surface area contributed by atoms with Crippen LogP contribution in [0.4, 0.5) is 24.0 Å². The molecule has 0 saturated heterocycles. The van der Waals surface area contributed by atoms with Crippen LogP contribution >= 0.6 is 23.1 Å². The van der Waals surface area contributed by atoms with Crippen molar-refractivity contribution < 1.29 is 23.1 Å². The Bertz CT molecular complexity index is 980. The number of carboxylic acids is 1. The molecule has 2 N–H and O–H groups in total. The molecule has 0 bridgehead atoms. The Balaban J connectivity index is 1.96. The van der Waals surface area contributed by atoms with Gasteiger partial charge in [0.25, 0.3) is 0 Å². The summed E-state index contributed by atoms with van der Waals surface area (Å²) in [6.07, 6.45) is 0.386. The first-order chi connectivity index (χ1) is 16.5. The van der Waals surface area contributed by atoms with Gasteiger partial charge in [-0.2, -0.15) is 22.5 Å². The molecule has 1 unspecified atom stereocenters. The van der Waals surface area contributed by atoms with Gasteiger partial charge in [0.2, 0.25) is 10.4 Å². The van der Waals surface area contributed by atoms with Gasteiger partial charge in [-0.15, -0.1) is 0 Å². The van der Waals surface area contributed by atoms with Crippen molar-refractivity contribution in [2.24, 2.45) is 5.92 Å². The van der Waals surface area contributed by atoms with Crippen molar-refractivity contribution in [1.29, 1.82) is 0 Å². The number of hydrogen-bond acceptors (Lipinski definition) is 6. The third-order valence-electron chi connectivity index (χ3n) is 6.24. The summed E-state index contributed by atoms with van der Waals surface area (Å²) in [6.45, 7) is 5.50. The molecule has 0 aliphatic heterocycles. The average molecular weight is 533 g/mol. The molecule has 1 aromatic heterocycles. The first-order valence-corrected chi connectivity index (χ1v) is 13.1. The van der Waals surface area contributed by atoms with Gasteiger partial charge in [0, 0.05) is 36.4 Å². The van der Waals surface area contributed by atoms with Crippen LogP contribution in [-0.2, 0) is 11.2 Å². The molecule has 0 spiro atoms. The average Bonchev–Trinajstić information content (AvgIpc) is 3.20. The lowest BCUT2D eigenvalue weighted by Crippen LogP contribution is -2.40. The van der Waals surface area contributed by atoms with Gasteiger partial charge in [-0.1, -0.05) is 45.2 Å². The third-order valence-corrected chi connectivity index (χ3v) is 7.18. The zero-order valence-corrected chi connectivity index (χ0v) is 21.5. The Morgan fingerprint density at radius 2 is 2.00 bits per heavy atom. The van der Waals surface area contributed by atoms with Crippen LogP contribution in [0.2, 0.25) is 5.28 Å². The maximum atomic E-state index is 13.8. The fourth-order valence-electron chi connectivity index (χ4n) is 4.71. The normalized spacial score (nSPS) is 15.9. The van der Waals surface area contributed by atoms with Gasteiger partial charge >= 0.3 is 12.1 Å². The highest BCUT2D eigenvalue weighted by Gasteiger charge is 2.42. The SMILES string of the molecule is CC(C)CN(c1ccc(C(CC(=O)O)C(F)(F)F)cc1CCNc1nc(Cl)ns1)C1CCCCC1. The Morgan fingerprint density at radius 3 is 2.57 bits per heavy atom. The van der Waals surface area contributed by atoms with Crippen molar-refractivity contribution >= 4 is 39.9 Å². The number of halogens is 4. The fourth-order valence-corrected chi connectivity index (χ4v) is 5.45. The number of aromatic nitrogens is 2. The van der Waals surface area contributed by atoms with Crippen molar-refractivity contribution in [1.82, 2.24) is 9.36 Å². The van der Waals surface area contributed by atoms with Crippen LogP contribution in [0.5, 0.6) is 0 Å². The maximum Gasteiger partial charge on any atom is 0.396 e. The summed E-state index contributed by atoms with van der Waals surface area (Å²) in [7, 11) is 0. The quantitative estimate of drug-likeness (QED) is 0.333. The molecule has 0 radical (unpaired) electrons. The van der Waals surface area contributed by atoms with Crippen molar-refractivity contribution in [3.8, 4) is 0 Å². The summed E-state index contributed by atoms with van der Waals surface area (Å²) in [4.78, 5) is 17.6. The smallest absolute Gasteiger partial charge is 0.396 e. The van der Waals surface area contributed by atoms with Crippen LogP contribution < -0.4 is 10.2 Å². The highest BCUT2D eigenvalue weighted by molar-refractivity contribution is 7.09. The maximum absolute atomic E-state index is 13.8. The molecule has 1 atom stereocenters. The molecule has 2 aromatic rings. The van der Waals surface area contributed by atoms with Gasteiger partial charge in [0.15, 0.2) is 0 Å². The van der Waals surface area contributed by atoms with Crippen LogP contribution in [0.15, 0.2) is 18.2 Å². The Kier molecular flexibility index (Phi) is 9.63. The fraction of sp³-hybridized carbons (Fsp3) is 0.625. The molecule has 1 saturated carbocycles. The predicted molar refractivity (Wildman–Crippen MR) is 134 cm³/mol. The van der Waals surface area contributed by atoms with Crippen molar-refractivity contribution in [2.75, 3.05) is 23.3 Å². The Morgan fingerprint density at radius 1 is 1.29 bits per heavy atom. The summed E-state index contributed by atoms with van der Waals surface area (Å²) in [5.41, 5.74) is 1.66. The number of carboxylic acid groups (broad SMARTS) is 1.